The Balaban J connectivity index is 2.17. The lowest BCUT2D eigenvalue weighted by molar-refractivity contribution is 0.159. The van der Waals surface area contributed by atoms with Crippen molar-refractivity contribution in [2.24, 2.45) is 5.73 Å². The van der Waals surface area contributed by atoms with Gasteiger partial charge >= 0.3 is 0 Å². The van der Waals surface area contributed by atoms with Crippen LogP contribution in [0.15, 0.2) is 24.3 Å². The molecule has 1 aromatic rings. The Morgan fingerprint density at radius 2 is 1.85 bits per heavy atom. The fourth-order valence-electron chi connectivity index (χ4n) is 3.37. The van der Waals surface area contributed by atoms with Gasteiger partial charge < -0.3 is 10.5 Å². The van der Waals surface area contributed by atoms with Crippen LogP contribution in [0.3, 0.4) is 0 Å². The van der Waals surface area contributed by atoms with Gasteiger partial charge in [-0.1, -0.05) is 43.9 Å². The van der Waals surface area contributed by atoms with Gasteiger partial charge in [-0.2, -0.15) is 0 Å². The average molecular weight is 276 g/mol. The third kappa shape index (κ3) is 3.53. The number of nitrogens with two attached hydrogens (primary N) is 1. The van der Waals surface area contributed by atoms with Crippen molar-refractivity contribution in [1.29, 1.82) is 0 Å². The van der Waals surface area contributed by atoms with Crippen molar-refractivity contribution >= 4 is 0 Å². The molecule has 1 unspecified atom stereocenters. The number of ether oxygens (including phenoxy) is 1. The molecule has 0 spiro atoms. The average Bonchev–Trinajstić information content (AvgIpc) is 2.77. The number of methoxy groups -OCH3 is 1. The molecule has 0 amide bonds. The highest BCUT2D eigenvalue weighted by Crippen LogP contribution is 2.32. The predicted octanol–water partition coefficient (Wildman–Crippen LogP) is 3.35. The normalized spacial score (nSPS) is 18.8. The minimum atomic E-state index is 0.245. The summed E-state index contributed by atoms with van der Waals surface area (Å²) < 4.78 is 5.51. The van der Waals surface area contributed by atoms with Gasteiger partial charge in [-0.05, 0) is 26.0 Å². The molecule has 1 fully saturated rings. The third-order valence-electron chi connectivity index (χ3n) is 4.61. The maximum absolute atomic E-state index is 6.08. The number of hydrogen-bond donors (Lipinski definition) is 1. The maximum Gasteiger partial charge on any atom is 0.123 e. The molecule has 112 valence electrons. The summed E-state index contributed by atoms with van der Waals surface area (Å²) in [6, 6.07) is 9.15. The van der Waals surface area contributed by atoms with Gasteiger partial charge in [-0.15, -0.1) is 0 Å². The zero-order valence-corrected chi connectivity index (χ0v) is 12.8. The van der Waals surface area contributed by atoms with Gasteiger partial charge in [-0.3, -0.25) is 4.90 Å². The Hall–Kier alpha value is -1.06. The van der Waals surface area contributed by atoms with Crippen molar-refractivity contribution < 1.29 is 4.74 Å². The molecular formula is C17H28N2O. The molecular weight excluding hydrogens is 248 g/mol. The van der Waals surface area contributed by atoms with Gasteiger partial charge in [0.1, 0.15) is 5.75 Å². The molecule has 0 aliphatic heterocycles. The first-order valence-corrected chi connectivity index (χ1v) is 7.83. The van der Waals surface area contributed by atoms with Crippen molar-refractivity contribution in [1.82, 2.24) is 4.90 Å². The molecule has 1 aromatic carbocycles. The van der Waals surface area contributed by atoms with Crippen LogP contribution in [-0.4, -0.2) is 31.6 Å². The van der Waals surface area contributed by atoms with E-state index in [1.165, 1.54) is 44.1 Å². The predicted molar refractivity (Wildman–Crippen MR) is 84.0 cm³/mol. The zero-order chi connectivity index (χ0) is 14.4. The summed E-state index contributed by atoms with van der Waals surface area (Å²) >= 11 is 0. The minimum Gasteiger partial charge on any atom is -0.496 e. The smallest absolute Gasteiger partial charge is 0.123 e. The number of hydrogen-bond acceptors (Lipinski definition) is 3. The molecule has 2 rings (SSSR count). The highest BCUT2D eigenvalue weighted by molar-refractivity contribution is 5.36. The van der Waals surface area contributed by atoms with Crippen LogP contribution in [0.5, 0.6) is 5.75 Å². The molecule has 1 aliphatic rings. The second-order valence-electron chi connectivity index (χ2n) is 5.80. The molecule has 0 radical (unpaired) electrons. The Bertz CT molecular complexity index is 400. The Labute approximate surface area is 123 Å². The summed E-state index contributed by atoms with van der Waals surface area (Å²) in [5.41, 5.74) is 7.29. The summed E-state index contributed by atoms with van der Waals surface area (Å²) in [5, 5.41) is 0. The second kappa shape index (κ2) is 7.65. The lowest BCUT2D eigenvalue weighted by Gasteiger charge is -2.35. The number of rotatable bonds is 5. The minimum absolute atomic E-state index is 0.245. The van der Waals surface area contributed by atoms with Crippen LogP contribution in [-0.2, 0) is 0 Å². The first-order chi connectivity index (χ1) is 9.77. The molecule has 2 N–H and O–H groups in total. The molecule has 3 nitrogen and oxygen atoms in total. The van der Waals surface area contributed by atoms with E-state index < -0.39 is 0 Å². The van der Waals surface area contributed by atoms with E-state index in [-0.39, 0.29) is 6.04 Å². The molecule has 1 saturated carbocycles. The number of likely N-dealkylation sites (N-methyl/N-ethyl adjacent to an activating group) is 1. The van der Waals surface area contributed by atoms with Crippen LogP contribution < -0.4 is 10.5 Å². The number of nitrogens with zero attached hydrogens (tertiary/aromatic N) is 1. The van der Waals surface area contributed by atoms with Crippen molar-refractivity contribution in [2.45, 2.75) is 50.6 Å². The Morgan fingerprint density at radius 3 is 2.45 bits per heavy atom. The van der Waals surface area contributed by atoms with Crippen LogP contribution in [0.2, 0.25) is 0 Å². The molecule has 0 saturated heterocycles. The van der Waals surface area contributed by atoms with E-state index in [2.05, 4.69) is 24.1 Å². The standard InChI is InChI=1S/C17H28N2O/c1-19(14-9-5-3-4-6-10-14)16(13-18)15-11-7-8-12-17(15)20-2/h7-8,11-12,14,16H,3-6,9-10,13,18H2,1-2H3. The van der Waals surface area contributed by atoms with Crippen LogP contribution >= 0.6 is 0 Å². The summed E-state index contributed by atoms with van der Waals surface area (Å²) in [5.74, 6) is 0.948. The summed E-state index contributed by atoms with van der Waals surface area (Å²) in [4.78, 5) is 2.48. The van der Waals surface area contributed by atoms with Crippen LogP contribution in [0.4, 0.5) is 0 Å². The SMILES string of the molecule is COc1ccccc1C(CN)N(C)C1CCCCCC1. The molecule has 3 heteroatoms. The monoisotopic (exact) mass is 276 g/mol. The highest BCUT2D eigenvalue weighted by atomic mass is 16.5. The van der Waals surface area contributed by atoms with E-state index >= 15 is 0 Å². The largest absolute Gasteiger partial charge is 0.496 e. The van der Waals surface area contributed by atoms with Crippen molar-refractivity contribution in [3.05, 3.63) is 29.8 Å². The quantitative estimate of drug-likeness (QED) is 0.838. The summed E-state index contributed by atoms with van der Waals surface area (Å²) in [6.45, 7) is 0.632. The van der Waals surface area contributed by atoms with Crippen LogP contribution in [0, 0.1) is 0 Å². The molecule has 0 aromatic heterocycles. The fourth-order valence-corrected chi connectivity index (χ4v) is 3.37. The van der Waals surface area contributed by atoms with Crippen molar-refractivity contribution in [3.8, 4) is 5.75 Å². The summed E-state index contributed by atoms with van der Waals surface area (Å²) in [7, 11) is 3.96. The van der Waals surface area contributed by atoms with Gasteiger partial charge in [0.25, 0.3) is 0 Å². The van der Waals surface area contributed by atoms with Gasteiger partial charge in [0.15, 0.2) is 0 Å². The first-order valence-electron chi connectivity index (χ1n) is 7.83. The van der Waals surface area contributed by atoms with E-state index in [1.807, 2.05) is 12.1 Å². The van der Waals surface area contributed by atoms with Gasteiger partial charge in [-0.25, -0.2) is 0 Å². The molecule has 1 aliphatic carbocycles. The zero-order valence-electron chi connectivity index (χ0n) is 12.8. The molecule has 20 heavy (non-hydrogen) atoms. The van der Waals surface area contributed by atoms with E-state index in [0.717, 1.165) is 5.75 Å². The third-order valence-corrected chi connectivity index (χ3v) is 4.61. The molecule has 0 bridgehead atoms. The van der Waals surface area contributed by atoms with E-state index in [4.69, 9.17) is 10.5 Å². The van der Waals surface area contributed by atoms with E-state index in [9.17, 15) is 0 Å². The molecule has 0 heterocycles. The van der Waals surface area contributed by atoms with Crippen LogP contribution in [0.25, 0.3) is 0 Å². The van der Waals surface area contributed by atoms with Gasteiger partial charge in [0.05, 0.1) is 13.2 Å². The van der Waals surface area contributed by atoms with Crippen molar-refractivity contribution in [2.75, 3.05) is 20.7 Å². The van der Waals surface area contributed by atoms with E-state index in [0.29, 0.717) is 12.6 Å². The van der Waals surface area contributed by atoms with Crippen molar-refractivity contribution in [3.63, 3.8) is 0 Å². The second-order valence-corrected chi connectivity index (χ2v) is 5.80. The van der Waals surface area contributed by atoms with E-state index in [1.54, 1.807) is 7.11 Å². The van der Waals surface area contributed by atoms with Gasteiger partial charge in [0.2, 0.25) is 0 Å². The molecule has 1 atom stereocenters. The highest BCUT2D eigenvalue weighted by Gasteiger charge is 2.25. The lowest BCUT2D eigenvalue weighted by atomic mass is 9.99. The fraction of sp³-hybridized carbons (Fsp3) is 0.647. The topological polar surface area (TPSA) is 38.5 Å². The Morgan fingerprint density at radius 1 is 1.20 bits per heavy atom. The lowest BCUT2D eigenvalue weighted by Crippen LogP contribution is -2.38. The van der Waals surface area contributed by atoms with Crippen LogP contribution in [0.1, 0.15) is 50.1 Å². The number of para-hydroxylation sites is 1. The summed E-state index contributed by atoms with van der Waals surface area (Å²) in [6.07, 6.45) is 8.04. The van der Waals surface area contributed by atoms with Gasteiger partial charge in [0, 0.05) is 18.2 Å². The maximum atomic E-state index is 6.08. The number of benzene rings is 1. The first kappa shape index (κ1) is 15.3. The Kier molecular flexibility index (Phi) is 5.86.